The number of rotatable bonds is 9. The first-order valence-corrected chi connectivity index (χ1v) is 12.6. The van der Waals surface area contributed by atoms with E-state index in [4.69, 9.17) is 9.47 Å². The molecule has 0 fully saturated rings. The molecule has 0 heterocycles. The molecule has 34 heavy (non-hydrogen) atoms. The van der Waals surface area contributed by atoms with Crippen LogP contribution in [0.5, 0.6) is 11.5 Å². The summed E-state index contributed by atoms with van der Waals surface area (Å²) in [5, 5.41) is 2.96. The molecule has 3 aromatic carbocycles. The second-order valence-corrected chi connectivity index (χ2v) is 10.0. The molecule has 0 spiro atoms. The maximum atomic E-state index is 12.9. The van der Waals surface area contributed by atoms with Crippen molar-refractivity contribution in [1.29, 1.82) is 0 Å². The summed E-state index contributed by atoms with van der Waals surface area (Å²) in [6.07, 6.45) is 1.17. The SMILES string of the molecule is COc1ccc(OC)c([C@H](C)NC(=O)c2ccc(N(Cc3ccc(C)cc3)S(C)(=O)=O)cc2)c1. The lowest BCUT2D eigenvalue weighted by atomic mass is 10.1. The van der Waals surface area contributed by atoms with Gasteiger partial charge in [0.25, 0.3) is 5.91 Å². The number of amides is 1. The largest absolute Gasteiger partial charge is 0.497 e. The number of methoxy groups -OCH3 is 2. The Bertz CT molecular complexity index is 1240. The summed E-state index contributed by atoms with van der Waals surface area (Å²) < 4.78 is 36.9. The van der Waals surface area contributed by atoms with Crippen LogP contribution in [0.2, 0.25) is 0 Å². The van der Waals surface area contributed by atoms with E-state index in [0.717, 1.165) is 16.7 Å². The molecule has 0 aliphatic carbocycles. The molecule has 3 rings (SSSR count). The lowest BCUT2D eigenvalue weighted by molar-refractivity contribution is 0.0939. The van der Waals surface area contributed by atoms with Gasteiger partial charge in [-0.25, -0.2) is 8.42 Å². The van der Waals surface area contributed by atoms with Gasteiger partial charge in [-0.05, 0) is 61.9 Å². The molecule has 1 amide bonds. The molecule has 8 heteroatoms. The van der Waals surface area contributed by atoms with Gasteiger partial charge in [0, 0.05) is 11.1 Å². The Morgan fingerprint density at radius 3 is 2.18 bits per heavy atom. The number of hydrogen-bond acceptors (Lipinski definition) is 5. The highest BCUT2D eigenvalue weighted by atomic mass is 32.2. The van der Waals surface area contributed by atoms with Gasteiger partial charge in [0.2, 0.25) is 10.0 Å². The van der Waals surface area contributed by atoms with Crippen LogP contribution >= 0.6 is 0 Å². The zero-order chi connectivity index (χ0) is 24.9. The number of ether oxygens (including phenoxy) is 2. The summed E-state index contributed by atoms with van der Waals surface area (Å²) in [5.41, 5.74) is 3.67. The minimum atomic E-state index is -3.52. The number of nitrogens with zero attached hydrogens (tertiary/aromatic N) is 1. The van der Waals surface area contributed by atoms with Crippen LogP contribution in [0.3, 0.4) is 0 Å². The maximum Gasteiger partial charge on any atom is 0.251 e. The normalized spacial score (nSPS) is 12.0. The van der Waals surface area contributed by atoms with Crippen molar-refractivity contribution in [2.24, 2.45) is 0 Å². The van der Waals surface area contributed by atoms with Crippen molar-refractivity contribution in [2.45, 2.75) is 26.4 Å². The van der Waals surface area contributed by atoms with E-state index < -0.39 is 10.0 Å². The van der Waals surface area contributed by atoms with Gasteiger partial charge in [-0.1, -0.05) is 29.8 Å². The first kappa shape index (κ1) is 25.1. The number of hydrogen-bond donors (Lipinski definition) is 1. The van der Waals surface area contributed by atoms with Gasteiger partial charge in [0.05, 0.1) is 38.7 Å². The molecule has 0 aliphatic heterocycles. The highest BCUT2D eigenvalue weighted by Crippen LogP contribution is 2.29. The predicted octanol–water partition coefficient (Wildman–Crippen LogP) is 4.47. The van der Waals surface area contributed by atoms with Gasteiger partial charge in [-0.3, -0.25) is 9.10 Å². The van der Waals surface area contributed by atoms with Crippen LogP contribution in [0.4, 0.5) is 5.69 Å². The molecule has 3 aromatic rings. The van der Waals surface area contributed by atoms with Crippen LogP contribution in [-0.2, 0) is 16.6 Å². The Labute approximate surface area is 201 Å². The summed E-state index contributed by atoms with van der Waals surface area (Å²) in [6, 6.07) is 19.3. The van der Waals surface area contributed by atoms with E-state index >= 15 is 0 Å². The number of carbonyl (C=O) groups excluding carboxylic acids is 1. The number of anilines is 1. The molecule has 0 aliphatic rings. The van der Waals surface area contributed by atoms with Crippen molar-refractivity contribution in [3.05, 3.63) is 89.0 Å². The van der Waals surface area contributed by atoms with Gasteiger partial charge in [0.1, 0.15) is 11.5 Å². The van der Waals surface area contributed by atoms with Crippen molar-refractivity contribution in [1.82, 2.24) is 5.32 Å². The van der Waals surface area contributed by atoms with Crippen LogP contribution in [0, 0.1) is 6.92 Å². The van der Waals surface area contributed by atoms with E-state index in [1.54, 1.807) is 50.6 Å². The third kappa shape index (κ3) is 6.08. The number of nitrogens with one attached hydrogen (secondary N) is 1. The molecule has 0 saturated heterocycles. The third-order valence-corrected chi connectivity index (χ3v) is 6.66. The fourth-order valence-corrected chi connectivity index (χ4v) is 4.46. The molecular formula is C26H30N2O5S. The van der Waals surface area contributed by atoms with Crippen molar-refractivity contribution in [3.63, 3.8) is 0 Å². The van der Waals surface area contributed by atoms with Crippen LogP contribution in [0.25, 0.3) is 0 Å². The number of benzene rings is 3. The van der Waals surface area contributed by atoms with Crippen molar-refractivity contribution < 1.29 is 22.7 Å². The van der Waals surface area contributed by atoms with Gasteiger partial charge < -0.3 is 14.8 Å². The third-order valence-electron chi connectivity index (χ3n) is 5.52. The molecule has 0 unspecified atom stereocenters. The van der Waals surface area contributed by atoms with Crippen LogP contribution in [0.15, 0.2) is 66.7 Å². The summed E-state index contributed by atoms with van der Waals surface area (Å²) >= 11 is 0. The van der Waals surface area contributed by atoms with E-state index in [0.29, 0.717) is 22.7 Å². The summed E-state index contributed by atoms with van der Waals surface area (Å²) in [4.78, 5) is 12.9. The first-order chi connectivity index (χ1) is 16.1. The smallest absolute Gasteiger partial charge is 0.251 e. The number of carbonyl (C=O) groups is 1. The predicted molar refractivity (Wildman–Crippen MR) is 134 cm³/mol. The van der Waals surface area contributed by atoms with Gasteiger partial charge in [-0.2, -0.15) is 0 Å². The molecule has 1 atom stereocenters. The zero-order valence-electron chi connectivity index (χ0n) is 20.0. The molecule has 1 N–H and O–H groups in total. The molecular weight excluding hydrogens is 452 g/mol. The van der Waals surface area contributed by atoms with Crippen LogP contribution < -0.4 is 19.1 Å². The summed E-state index contributed by atoms with van der Waals surface area (Å²) in [5.74, 6) is 1.02. The minimum absolute atomic E-state index is 0.206. The highest BCUT2D eigenvalue weighted by Gasteiger charge is 2.20. The van der Waals surface area contributed by atoms with E-state index in [9.17, 15) is 13.2 Å². The fourth-order valence-electron chi connectivity index (χ4n) is 3.57. The lowest BCUT2D eigenvalue weighted by Crippen LogP contribution is -2.29. The van der Waals surface area contributed by atoms with Crippen LogP contribution in [0.1, 0.15) is 40.0 Å². The van der Waals surface area contributed by atoms with Gasteiger partial charge >= 0.3 is 0 Å². The summed E-state index contributed by atoms with van der Waals surface area (Å²) in [6.45, 7) is 4.04. The van der Waals surface area contributed by atoms with Gasteiger partial charge in [-0.15, -0.1) is 0 Å². The first-order valence-electron chi connectivity index (χ1n) is 10.8. The second-order valence-electron chi connectivity index (χ2n) is 8.11. The number of aryl methyl sites for hydroxylation is 1. The Morgan fingerprint density at radius 1 is 0.971 bits per heavy atom. The number of sulfonamides is 1. The molecule has 0 saturated carbocycles. The standard InChI is InChI=1S/C26H30N2O5S/c1-18-6-8-20(9-7-18)17-28(34(5,30)31)22-12-10-21(11-13-22)26(29)27-19(2)24-16-23(32-3)14-15-25(24)33-4/h6-16,19H,17H2,1-5H3,(H,27,29)/t19-/m0/s1. The summed E-state index contributed by atoms with van der Waals surface area (Å²) in [7, 11) is -0.371. The molecule has 0 radical (unpaired) electrons. The lowest BCUT2D eigenvalue weighted by Gasteiger charge is -2.23. The van der Waals surface area contributed by atoms with Crippen molar-refractivity contribution >= 4 is 21.6 Å². The monoisotopic (exact) mass is 482 g/mol. The van der Waals surface area contributed by atoms with E-state index in [1.165, 1.54) is 10.6 Å². The average Bonchev–Trinajstić information content (AvgIpc) is 2.82. The Morgan fingerprint density at radius 2 is 1.62 bits per heavy atom. The zero-order valence-corrected chi connectivity index (χ0v) is 20.8. The Balaban J connectivity index is 1.78. The highest BCUT2D eigenvalue weighted by molar-refractivity contribution is 7.92. The average molecular weight is 483 g/mol. The topological polar surface area (TPSA) is 84.9 Å². The van der Waals surface area contributed by atoms with Crippen molar-refractivity contribution in [3.8, 4) is 11.5 Å². The maximum absolute atomic E-state index is 12.9. The molecule has 0 aromatic heterocycles. The molecule has 7 nitrogen and oxygen atoms in total. The fraction of sp³-hybridized carbons (Fsp3) is 0.269. The molecule has 0 bridgehead atoms. The van der Waals surface area contributed by atoms with Gasteiger partial charge in [0.15, 0.2) is 0 Å². The Hall–Kier alpha value is -3.52. The quantitative estimate of drug-likeness (QED) is 0.486. The van der Waals surface area contributed by atoms with E-state index in [1.807, 2.05) is 44.2 Å². The second kappa shape index (κ2) is 10.6. The molecule has 180 valence electrons. The van der Waals surface area contributed by atoms with Crippen molar-refractivity contribution in [2.75, 3.05) is 24.8 Å². The minimum Gasteiger partial charge on any atom is -0.497 e. The van der Waals surface area contributed by atoms with E-state index in [-0.39, 0.29) is 18.5 Å². The Kier molecular flexibility index (Phi) is 7.83. The van der Waals surface area contributed by atoms with Crippen LogP contribution in [-0.4, -0.2) is 34.8 Å². The van der Waals surface area contributed by atoms with E-state index in [2.05, 4.69) is 5.32 Å².